The molecule has 158 valence electrons. The van der Waals surface area contributed by atoms with E-state index in [0.717, 1.165) is 5.56 Å². The summed E-state index contributed by atoms with van der Waals surface area (Å²) in [6.07, 6.45) is 0.718. The number of carbonyl (C=O) groups is 1. The summed E-state index contributed by atoms with van der Waals surface area (Å²) >= 11 is 0. The van der Waals surface area contributed by atoms with E-state index in [1.165, 1.54) is 16.8 Å². The van der Waals surface area contributed by atoms with Crippen molar-refractivity contribution in [2.75, 3.05) is 11.9 Å². The molecule has 7 nitrogen and oxygen atoms in total. The summed E-state index contributed by atoms with van der Waals surface area (Å²) < 4.78 is 29.9. The molecule has 3 aromatic rings. The molecule has 2 heterocycles. The van der Waals surface area contributed by atoms with Crippen LogP contribution in [0, 0.1) is 18.6 Å². The summed E-state index contributed by atoms with van der Waals surface area (Å²) in [4.78, 5) is 13.1. The maximum absolute atomic E-state index is 14.9. The van der Waals surface area contributed by atoms with E-state index in [-0.39, 0.29) is 24.5 Å². The van der Waals surface area contributed by atoms with Crippen LogP contribution in [0.15, 0.2) is 36.4 Å². The van der Waals surface area contributed by atoms with Crippen molar-refractivity contribution in [3.05, 3.63) is 70.5 Å². The van der Waals surface area contributed by atoms with Gasteiger partial charge in [-0.25, -0.2) is 13.5 Å². The fourth-order valence-electron chi connectivity index (χ4n) is 3.55. The number of tetrazole rings is 1. The van der Waals surface area contributed by atoms with Gasteiger partial charge in [0.25, 0.3) is 0 Å². The summed E-state index contributed by atoms with van der Waals surface area (Å²) in [5.74, 6) is -0.865. The third-order valence-electron chi connectivity index (χ3n) is 5.04. The Morgan fingerprint density at radius 1 is 1.30 bits per heavy atom. The van der Waals surface area contributed by atoms with Crippen molar-refractivity contribution >= 4 is 24.0 Å². The van der Waals surface area contributed by atoms with Crippen LogP contribution in [0.3, 0.4) is 0 Å². The van der Waals surface area contributed by atoms with Gasteiger partial charge in [0, 0.05) is 13.0 Å². The number of amides is 1. The zero-order valence-electron chi connectivity index (χ0n) is 16.2. The lowest BCUT2D eigenvalue weighted by molar-refractivity contribution is -0.119. The number of fused-ring (bicyclic) bond motifs is 1. The zero-order valence-corrected chi connectivity index (χ0v) is 17.0. The number of rotatable bonds is 5. The Kier molecular flexibility index (Phi) is 6.73. The number of benzene rings is 2. The van der Waals surface area contributed by atoms with Gasteiger partial charge in [0.05, 0.1) is 5.69 Å². The van der Waals surface area contributed by atoms with Gasteiger partial charge in [-0.15, -0.1) is 17.5 Å². The molecule has 2 N–H and O–H groups in total. The van der Waals surface area contributed by atoms with Crippen LogP contribution in [0.1, 0.15) is 28.6 Å². The minimum absolute atomic E-state index is 0. The van der Waals surface area contributed by atoms with Crippen molar-refractivity contribution in [1.82, 2.24) is 25.5 Å². The Morgan fingerprint density at radius 3 is 2.87 bits per heavy atom. The average Bonchev–Trinajstić information content (AvgIpc) is 3.14. The molecule has 1 atom stereocenters. The molecule has 1 amide bonds. The van der Waals surface area contributed by atoms with Crippen LogP contribution in [0.4, 0.5) is 14.5 Å². The maximum Gasteiger partial charge on any atom is 0.249 e. The van der Waals surface area contributed by atoms with Crippen molar-refractivity contribution < 1.29 is 13.6 Å². The Balaban J connectivity index is 0.00000256. The lowest BCUT2D eigenvalue weighted by Crippen LogP contribution is -2.30. The minimum Gasteiger partial charge on any atom is -0.322 e. The summed E-state index contributed by atoms with van der Waals surface area (Å²) in [7, 11) is 0. The first-order chi connectivity index (χ1) is 14.0. The van der Waals surface area contributed by atoms with Crippen molar-refractivity contribution in [2.24, 2.45) is 0 Å². The molecule has 4 rings (SSSR count). The van der Waals surface area contributed by atoms with Gasteiger partial charge in [-0.2, -0.15) is 0 Å². The highest BCUT2D eigenvalue weighted by atomic mass is 35.5. The maximum atomic E-state index is 14.9. The lowest BCUT2D eigenvalue weighted by Gasteiger charge is -2.21. The van der Waals surface area contributed by atoms with Gasteiger partial charge in [0.2, 0.25) is 5.91 Å². The second kappa shape index (κ2) is 9.27. The van der Waals surface area contributed by atoms with Gasteiger partial charge < -0.3 is 10.6 Å². The van der Waals surface area contributed by atoms with Crippen molar-refractivity contribution in [2.45, 2.75) is 32.4 Å². The molecular weight excluding hydrogens is 414 g/mol. The first-order valence-corrected chi connectivity index (χ1v) is 9.33. The fraction of sp³-hybridized carbons (Fsp3) is 0.300. The lowest BCUT2D eigenvalue weighted by atomic mass is 9.99. The molecule has 10 heteroatoms. The van der Waals surface area contributed by atoms with Crippen molar-refractivity contribution in [1.29, 1.82) is 0 Å². The first-order valence-electron chi connectivity index (χ1n) is 9.33. The number of hydrogen-bond acceptors (Lipinski definition) is 5. The molecule has 0 fully saturated rings. The first kappa shape index (κ1) is 21.8. The zero-order chi connectivity index (χ0) is 20.4. The Hall–Kier alpha value is -2.91. The number of aryl methyl sites for hydroxylation is 1. The third-order valence-corrected chi connectivity index (χ3v) is 5.04. The Bertz CT molecular complexity index is 1060. The van der Waals surface area contributed by atoms with Crippen molar-refractivity contribution in [3.8, 4) is 0 Å². The number of hydrogen-bond donors (Lipinski definition) is 2. The summed E-state index contributed by atoms with van der Waals surface area (Å²) in [5, 5.41) is 17.2. The number of aromatic nitrogens is 4. The van der Waals surface area contributed by atoms with Gasteiger partial charge >= 0.3 is 0 Å². The molecule has 0 bridgehead atoms. The second-order valence-electron chi connectivity index (χ2n) is 7.00. The van der Waals surface area contributed by atoms with Gasteiger partial charge in [-0.3, -0.25) is 4.79 Å². The number of anilines is 1. The number of carbonyl (C=O) groups excluding carboxylic acids is 1. The van der Waals surface area contributed by atoms with E-state index in [1.807, 2.05) is 6.07 Å². The number of nitrogens with one attached hydrogen (secondary N) is 2. The van der Waals surface area contributed by atoms with E-state index in [2.05, 4.69) is 26.2 Å². The molecule has 0 saturated carbocycles. The van der Waals surface area contributed by atoms with Gasteiger partial charge in [0.1, 0.15) is 23.5 Å². The van der Waals surface area contributed by atoms with E-state index in [4.69, 9.17) is 0 Å². The van der Waals surface area contributed by atoms with Crippen LogP contribution in [-0.2, 0) is 24.2 Å². The largest absolute Gasteiger partial charge is 0.322 e. The number of nitrogens with zero attached hydrogens (tertiary/aromatic N) is 4. The smallest absolute Gasteiger partial charge is 0.249 e. The van der Waals surface area contributed by atoms with E-state index >= 15 is 0 Å². The van der Waals surface area contributed by atoms with E-state index in [0.29, 0.717) is 36.5 Å². The predicted molar refractivity (Wildman–Crippen MR) is 109 cm³/mol. The van der Waals surface area contributed by atoms with Gasteiger partial charge in [-0.1, -0.05) is 18.2 Å². The van der Waals surface area contributed by atoms with Crippen LogP contribution in [0.5, 0.6) is 0 Å². The predicted octanol–water partition coefficient (Wildman–Crippen LogP) is 2.75. The highest BCUT2D eigenvalue weighted by Crippen LogP contribution is 2.26. The highest BCUT2D eigenvalue weighted by molar-refractivity contribution is 5.94. The van der Waals surface area contributed by atoms with Crippen LogP contribution < -0.4 is 10.6 Å². The topological polar surface area (TPSA) is 84.7 Å². The quantitative estimate of drug-likeness (QED) is 0.645. The van der Waals surface area contributed by atoms with E-state index in [1.54, 1.807) is 25.1 Å². The molecule has 0 saturated heterocycles. The Labute approximate surface area is 178 Å². The fourth-order valence-corrected chi connectivity index (χ4v) is 3.55. The molecule has 1 aliphatic heterocycles. The second-order valence-corrected chi connectivity index (χ2v) is 7.00. The molecule has 0 radical (unpaired) electrons. The van der Waals surface area contributed by atoms with Gasteiger partial charge in [0.15, 0.2) is 0 Å². The van der Waals surface area contributed by atoms with Crippen molar-refractivity contribution in [3.63, 3.8) is 0 Å². The normalized spacial score (nSPS) is 13.8. The minimum atomic E-state index is -0.858. The third kappa shape index (κ3) is 4.47. The van der Waals surface area contributed by atoms with Crippen LogP contribution in [0.2, 0.25) is 0 Å². The molecule has 0 spiro atoms. The molecule has 2 aromatic carbocycles. The summed E-state index contributed by atoms with van der Waals surface area (Å²) in [6, 6.07) is 8.49. The Morgan fingerprint density at radius 2 is 2.13 bits per heavy atom. The number of halogens is 3. The molecular formula is C20H21ClF2N6O. The molecule has 1 unspecified atom stereocenters. The average molecular weight is 435 g/mol. The molecule has 1 aliphatic rings. The standard InChI is InChI=1S/C20H20F2N6O.ClH/c1-12-25-26-27-28(12)18(10-13-3-2-4-15(21)9-13)20(29)24-17-6-5-14-11-23-8-7-16(14)19(17)22;/h2-6,9,18,23H,7-8,10-11H2,1H3,(H,24,29);1H. The molecule has 30 heavy (non-hydrogen) atoms. The highest BCUT2D eigenvalue weighted by Gasteiger charge is 2.26. The summed E-state index contributed by atoms with van der Waals surface area (Å²) in [6.45, 7) is 2.96. The van der Waals surface area contributed by atoms with E-state index in [9.17, 15) is 13.6 Å². The van der Waals surface area contributed by atoms with E-state index < -0.39 is 23.6 Å². The molecule has 0 aliphatic carbocycles. The SMILES string of the molecule is Cc1nnnn1C(Cc1cccc(F)c1)C(=O)Nc1ccc2c(c1F)CCNC2.Cl. The summed E-state index contributed by atoms with van der Waals surface area (Å²) in [5.41, 5.74) is 2.23. The molecule has 1 aromatic heterocycles. The monoisotopic (exact) mass is 434 g/mol. The van der Waals surface area contributed by atoms with Crippen LogP contribution in [0.25, 0.3) is 0 Å². The van der Waals surface area contributed by atoms with Gasteiger partial charge in [-0.05, 0) is 65.2 Å². The van der Waals surface area contributed by atoms with Crippen LogP contribution >= 0.6 is 12.4 Å². The van der Waals surface area contributed by atoms with Crippen LogP contribution in [-0.4, -0.2) is 32.7 Å².